The minimum absolute atomic E-state index is 0.312. The average Bonchev–Trinajstić information content (AvgIpc) is 3.06. The van der Waals surface area contributed by atoms with Crippen LogP contribution >= 0.6 is 11.3 Å². The first-order chi connectivity index (χ1) is 10.2. The lowest BCUT2D eigenvalue weighted by Crippen LogP contribution is -2.18. The van der Waals surface area contributed by atoms with Crippen molar-refractivity contribution in [3.05, 3.63) is 39.3 Å². The molecule has 2 aromatic heterocycles. The van der Waals surface area contributed by atoms with E-state index in [1.54, 1.807) is 29.1 Å². The van der Waals surface area contributed by atoms with E-state index in [0.29, 0.717) is 18.7 Å². The van der Waals surface area contributed by atoms with Crippen LogP contribution in [0.3, 0.4) is 0 Å². The van der Waals surface area contributed by atoms with Crippen molar-refractivity contribution in [1.82, 2.24) is 15.1 Å². The molecule has 1 N–H and O–H groups in total. The lowest BCUT2D eigenvalue weighted by molar-refractivity contribution is 0.0524. The predicted molar refractivity (Wildman–Crippen MR) is 83.4 cm³/mol. The van der Waals surface area contributed by atoms with E-state index in [9.17, 15) is 4.79 Å². The van der Waals surface area contributed by atoms with Crippen molar-refractivity contribution in [3.8, 4) is 0 Å². The molecule has 6 heteroatoms. The highest BCUT2D eigenvalue weighted by Gasteiger charge is 2.16. The third-order valence-corrected chi connectivity index (χ3v) is 4.32. The maximum atomic E-state index is 11.9. The first kappa shape index (κ1) is 15.7. The van der Waals surface area contributed by atoms with E-state index in [1.807, 2.05) is 7.05 Å². The van der Waals surface area contributed by atoms with Gasteiger partial charge in [-0.1, -0.05) is 6.92 Å². The van der Waals surface area contributed by atoms with E-state index in [2.05, 4.69) is 28.8 Å². The Morgan fingerprint density at radius 1 is 1.43 bits per heavy atom. The van der Waals surface area contributed by atoms with Crippen LogP contribution in [-0.2, 0) is 31.3 Å². The molecular weight excluding hydrogens is 286 g/mol. The molecule has 2 heterocycles. The average molecular weight is 307 g/mol. The van der Waals surface area contributed by atoms with Crippen LogP contribution in [-0.4, -0.2) is 22.4 Å². The Morgan fingerprint density at radius 2 is 2.24 bits per heavy atom. The van der Waals surface area contributed by atoms with Gasteiger partial charge in [0, 0.05) is 25.0 Å². The number of nitrogens with one attached hydrogen (secondary N) is 1. The van der Waals surface area contributed by atoms with Crippen molar-refractivity contribution < 1.29 is 9.53 Å². The largest absolute Gasteiger partial charge is 0.462 e. The second-order valence-corrected chi connectivity index (χ2v) is 5.68. The molecule has 5 nitrogen and oxygen atoms in total. The van der Waals surface area contributed by atoms with E-state index in [4.69, 9.17) is 4.74 Å². The van der Waals surface area contributed by atoms with Crippen LogP contribution in [0.2, 0.25) is 0 Å². The summed E-state index contributed by atoms with van der Waals surface area (Å²) < 4.78 is 6.77. The highest BCUT2D eigenvalue weighted by atomic mass is 32.1. The molecule has 0 amide bonds. The number of thiophene rings is 1. The summed E-state index contributed by atoms with van der Waals surface area (Å²) in [6.45, 7) is 5.72. The second kappa shape index (κ2) is 7.38. The molecule has 0 saturated carbocycles. The summed E-state index contributed by atoms with van der Waals surface area (Å²) in [5, 5.41) is 9.65. The molecule has 0 spiro atoms. The molecule has 2 aromatic rings. The Balaban J connectivity index is 2.00. The summed E-state index contributed by atoms with van der Waals surface area (Å²) in [6, 6.07) is 2.16. The minimum atomic E-state index is -0.312. The molecule has 21 heavy (non-hydrogen) atoms. The molecule has 0 fully saturated rings. The number of rotatable bonds is 7. The number of nitrogens with zero attached hydrogens (tertiary/aromatic N) is 2. The van der Waals surface area contributed by atoms with Gasteiger partial charge in [-0.05, 0) is 30.4 Å². The van der Waals surface area contributed by atoms with Crippen LogP contribution < -0.4 is 5.32 Å². The van der Waals surface area contributed by atoms with Crippen LogP contribution in [0.4, 0.5) is 0 Å². The molecule has 0 atom stereocenters. The Labute approximate surface area is 128 Å². The Kier molecular flexibility index (Phi) is 5.52. The fraction of sp³-hybridized carbons (Fsp3) is 0.467. The van der Waals surface area contributed by atoms with E-state index >= 15 is 0 Å². The first-order valence-corrected chi connectivity index (χ1v) is 7.99. The van der Waals surface area contributed by atoms with Gasteiger partial charge in [0.05, 0.1) is 18.5 Å². The van der Waals surface area contributed by atoms with Crippen LogP contribution in [0.5, 0.6) is 0 Å². The summed E-state index contributed by atoms with van der Waals surface area (Å²) in [7, 11) is 1.84. The van der Waals surface area contributed by atoms with Gasteiger partial charge in [-0.2, -0.15) is 5.10 Å². The third-order valence-electron chi connectivity index (χ3n) is 3.35. The number of hydrogen-bond donors (Lipinski definition) is 1. The van der Waals surface area contributed by atoms with Gasteiger partial charge < -0.3 is 10.1 Å². The highest BCUT2D eigenvalue weighted by Crippen LogP contribution is 2.17. The van der Waals surface area contributed by atoms with Gasteiger partial charge in [-0.3, -0.25) is 4.68 Å². The van der Waals surface area contributed by atoms with Gasteiger partial charge in [-0.15, -0.1) is 11.3 Å². The van der Waals surface area contributed by atoms with E-state index in [-0.39, 0.29) is 5.97 Å². The lowest BCUT2D eigenvalue weighted by atomic mass is 10.2. The van der Waals surface area contributed by atoms with Crippen molar-refractivity contribution in [2.45, 2.75) is 33.4 Å². The minimum Gasteiger partial charge on any atom is -0.462 e. The maximum Gasteiger partial charge on any atom is 0.341 e. The molecule has 2 rings (SSSR count). The SMILES string of the molecule is CCOC(=O)c1cnn(C)c1CNCc1sccc1CC. The molecule has 0 radical (unpaired) electrons. The smallest absolute Gasteiger partial charge is 0.341 e. The Hall–Kier alpha value is -1.66. The number of carbonyl (C=O) groups excluding carboxylic acids is 1. The van der Waals surface area contributed by atoms with E-state index < -0.39 is 0 Å². The number of carbonyl (C=O) groups is 1. The Bertz CT molecular complexity index is 604. The zero-order valence-electron chi connectivity index (χ0n) is 12.7. The summed E-state index contributed by atoms with van der Waals surface area (Å²) in [5.74, 6) is -0.312. The standard InChI is InChI=1S/C15H21N3O2S/c1-4-11-6-7-21-14(11)10-16-9-13-12(8-17-18(13)3)15(19)20-5-2/h6-8,16H,4-5,9-10H2,1-3H3. The zero-order valence-corrected chi connectivity index (χ0v) is 13.5. The number of ether oxygens (including phenoxy) is 1. The number of aromatic nitrogens is 2. The van der Waals surface area contributed by atoms with Gasteiger partial charge in [0.15, 0.2) is 0 Å². The number of hydrogen-bond acceptors (Lipinski definition) is 5. The number of esters is 1. The van der Waals surface area contributed by atoms with E-state index in [0.717, 1.165) is 18.7 Å². The van der Waals surface area contributed by atoms with Gasteiger partial charge in [0.2, 0.25) is 0 Å². The quantitative estimate of drug-likeness (QED) is 0.799. The summed E-state index contributed by atoms with van der Waals surface area (Å²) in [6.07, 6.45) is 2.61. The topological polar surface area (TPSA) is 56.1 Å². The van der Waals surface area contributed by atoms with Crippen molar-refractivity contribution in [2.24, 2.45) is 7.05 Å². The Morgan fingerprint density at radius 3 is 2.95 bits per heavy atom. The van der Waals surface area contributed by atoms with Gasteiger partial charge >= 0.3 is 5.97 Å². The monoisotopic (exact) mass is 307 g/mol. The zero-order chi connectivity index (χ0) is 15.2. The molecular formula is C15H21N3O2S. The molecule has 114 valence electrons. The fourth-order valence-electron chi connectivity index (χ4n) is 2.18. The molecule has 0 unspecified atom stereocenters. The lowest BCUT2D eigenvalue weighted by Gasteiger charge is -2.08. The fourth-order valence-corrected chi connectivity index (χ4v) is 3.13. The molecule has 0 aromatic carbocycles. The third kappa shape index (κ3) is 3.71. The molecule has 0 bridgehead atoms. The van der Waals surface area contributed by atoms with Gasteiger partial charge in [0.25, 0.3) is 0 Å². The van der Waals surface area contributed by atoms with Crippen molar-refractivity contribution >= 4 is 17.3 Å². The van der Waals surface area contributed by atoms with Crippen molar-refractivity contribution in [1.29, 1.82) is 0 Å². The predicted octanol–water partition coefficient (Wildman–Crippen LogP) is 2.51. The van der Waals surface area contributed by atoms with Crippen molar-refractivity contribution in [2.75, 3.05) is 6.61 Å². The van der Waals surface area contributed by atoms with Crippen LogP contribution in [0, 0.1) is 0 Å². The van der Waals surface area contributed by atoms with Crippen molar-refractivity contribution in [3.63, 3.8) is 0 Å². The maximum absolute atomic E-state index is 11.9. The molecule has 0 saturated heterocycles. The highest BCUT2D eigenvalue weighted by molar-refractivity contribution is 7.10. The van der Waals surface area contributed by atoms with E-state index in [1.165, 1.54) is 10.4 Å². The van der Waals surface area contributed by atoms with Gasteiger partial charge in [-0.25, -0.2) is 4.79 Å². The first-order valence-electron chi connectivity index (χ1n) is 7.11. The molecule has 0 aliphatic heterocycles. The van der Waals surface area contributed by atoms with Gasteiger partial charge in [0.1, 0.15) is 5.56 Å². The normalized spacial score (nSPS) is 10.8. The molecule has 0 aliphatic rings. The van der Waals surface area contributed by atoms with Crippen LogP contribution in [0.15, 0.2) is 17.6 Å². The number of aryl methyl sites for hydroxylation is 2. The summed E-state index contributed by atoms with van der Waals surface area (Å²) in [4.78, 5) is 13.2. The van der Waals surface area contributed by atoms with Crippen LogP contribution in [0.25, 0.3) is 0 Å². The summed E-state index contributed by atoms with van der Waals surface area (Å²) in [5.41, 5.74) is 2.76. The molecule has 0 aliphatic carbocycles. The van der Waals surface area contributed by atoms with Crippen LogP contribution in [0.1, 0.15) is 40.3 Å². The second-order valence-electron chi connectivity index (χ2n) is 4.68. The summed E-state index contributed by atoms with van der Waals surface area (Å²) >= 11 is 1.76.